The fourth-order valence-electron chi connectivity index (χ4n) is 3.19. The lowest BCUT2D eigenvalue weighted by Crippen LogP contribution is -2.50. The third-order valence-electron chi connectivity index (χ3n) is 4.60. The Labute approximate surface area is 165 Å². The van der Waals surface area contributed by atoms with E-state index in [1.165, 1.54) is 0 Å². The third kappa shape index (κ3) is 4.25. The summed E-state index contributed by atoms with van der Waals surface area (Å²) < 4.78 is 5.23. The van der Waals surface area contributed by atoms with Crippen molar-refractivity contribution in [3.63, 3.8) is 0 Å². The van der Waals surface area contributed by atoms with Gasteiger partial charge in [0, 0.05) is 37.2 Å². The molecule has 8 nitrogen and oxygen atoms in total. The zero-order chi connectivity index (χ0) is 19.3. The molecule has 0 radical (unpaired) electrons. The van der Waals surface area contributed by atoms with Crippen LogP contribution in [-0.2, 0) is 16.0 Å². The van der Waals surface area contributed by atoms with Crippen LogP contribution in [0.3, 0.4) is 0 Å². The van der Waals surface area contributed by atoms with E-state index in [0.29, 0.717) is 31.0 Å². The maximum Gasteiger partial charge on any atom is 0.227 e. The van der Waals surface area contributed by atoms with Crippen LogP contribution in [0.4, 0.5) is 0 Å². The van der Waals surface area contributed by atoms with Gasteiger partial charge in [-0.2, -0.15) is 16.3 Å². The minimum absolute atomic E-state index is 0.00971. The Morgan fingerprint density at radius 1 is 1.39 bits per heavy atom. The van der Waals surface area contributed by atoms with Crippen molar-refractivity contribution < 1.29 is 14.1 Å². The molecule has 2 N–H and O–H groups in total. The standard InChI is InChI=1S/C19H19N5O3S/c25-15(5-6-17-23-19(24-27-17)12-2-1-8-20-10-12)21-14-3-4-16(26)22-18(14)13-7-9-28-11-13/h1-2,7-11,14,18H,3-6H2,(H,21,25)(H,22,26)/t14-,18+/m1/s1. The number of amides is 2. The summed E-state index contributed by atoms with van der Waals surface area (Å²) in [6.07, 6.45) is 4.93. The van der Waals surface area contributed by atoms with Crippen LogP contribution in [0.5, 0.6) is 0 Å². The van der Waals surface area contributed by atoms with Gasteiger partial charge in [-0.05, 0) is 40.9 Å². The highest BCUT2D eigenvalue weighted by atomic mass is 32.1. The smallest absolute Gasteiger partial charge is 0.227 e. The highest BCUT2D eigenvalue weighted by molar-refractivity contribution is 7.08. The predicted molar refractivity (Wildman–Crippen MR) is 102 cm³/mol. The molecule has 2 atom stereocenters. The average Bonchev–Trinajstić information content (AvgIpc) is 3.41. The van der Waals surface area contributed by atoms with Crippen LogP contribution in [0.2, 0.25) is 0 Å². The molecule has 0 spiro atoms. The van der Waals surface area contributed by atoms with Crippen LogP contribution >= 0.6 is 11.3 Å². The first-order valence-electron chi connectivity index (χ1n) is 9.03. The van der Waals surface area contributed by atoms with Gasteiger partial charge in [0.1, 0.15) is 0 Å². The van der Waals surface area contributed by atoms with Gasteiger partial charge in [0.05, 0.1) is 12.1 Å². The number of nitrogens with one attached hydrogen (secondary N) is 2. The highest BCUT2D eigenvalue weighted by Gasteiger charge is 2.31. The Hall–Kier alpha value is -3.07. The Kier molecular flexibility index (Phi) is 5.43. The number of thiophene rings is 1. The van der Waals surface area contributed by atoms with Gasteiger partial charge in [-0.25, -0.2) is 0 Å². The number of hydrogen-bond donors (Lipinski definition) is 2. The van der Waals surface area contributed by atoms with Crippen LogP contribution in [0, 0.1) is 0 Å². The average molecular weight is 397 g/mol. The number of hydrogen-bond acceptors (Lipinski definition) is 7. The van der Waals surface area contributed by atoms with Crippen molar-refractivity contribution in [2.45, 2.75) is 37.8 Å². The highest BCUT2D eigenvalue weighted by Crippen LogP contribution is 2.26. The van der Waals surface area contributed by atoms with Gasteiger partial charge < -0.3 is 15.2 Å². The molecule has 2 amide bonds. The van der Waals surface area contributed by atoms with Gasteiger partial charge in [-0.1, -0.05) is 5.16 Å². The number of nitrogens with zero attached hydrogens (tertiary/aromatic N) is 3. The number of aryl methyl sites for hydroxylation is 1. The summed E-state index contributed by atoms with van der Waals surface area (Å²) in [6, 6.07) is 5.28. The first-order chi connectivity index (χ1) is 13.7. The van der Waals surface area contributed by atoms with Gasteiger partial charge in [-0.3, -0.25) is 14.6 Å². The molecule has 9 heteroatoms. The maximum atomic E-state index is 12.4. The van der Waals surface area contributed by atoms with Gasteiger partial charge in [0.25, 0.3) is 0 Å². The van der Waals surface area contributed by atoms with Gasteiger partial charge >= 0.3 is 0 Å². The van der Waals surface area contributed by atoms with Crippen molar-refractivity contribution >= 4 is 23.2 Å². The van der Waals surface area contributed by atoms with Gasteiger partial charge in [0.15, 0.2) is 0 Å². The molecule has 1 fully saturated rings. The minimum Gasteiger partial charge on any atom is -0.351 e. The molecule has 1 aliphatic rings. The molecule has 0 aromatic carbocycles. The molecule has 1 saturated heterocycles. The van der Waals surface area contributed by atoms with Crippen molar-refractivity contribution in [3.05, 3.63) is 52.8 Å². The van der Waals surface area contributed by atoms with E-state index < -0.39 is 0 Å². The van der Waals surface area contributed by atoms with Crippen molar-refractivity contribution in [2.24, 2.45) is 0 Å². The molecular weight excluding hydrogens is 378 g/mol. The summed E-state index contributed by atoms with van der Waals surface area (Å²) in [4.78, 5) is 32.6. The van der Waals surface area contributed by atoms with Crippen molar-refractivity contribution in [2.75, 3.05) is 0 Å². The summed E-state index contributed by atoms with van der Waals surface area (Å²) in [5, 5.41) is 13.9. The number of rotatable bonds is 6. The summed E-state index contributed by atoms with van der Waals surface area (Å²) in [5.74, 6) is 0.759. The number of carbonyl (C=O) groups is 2. The number of carbonyl (C=O) groups excluding carboxylic acids is 2. The summed E-state index contributed by atoms with van der Waals surface area (Å²) in [6.45, 7) is 0. The van der Waals surface area contributed by atoms with Crippen molar-refractivity contribution in [1.82, 2.24) is 25.8 Å². The van der Waals surface area contributed by atoms with Crippen molar-refractivity contribution in [1.29, 1.82) is 0 Å². The fraction of sp³-hybridized carbons (Fsp3) is 0.316. The predicted octanol–water partition coefficient (Wildman–Crippen LogP) is 2.26. The van der Waals surface area contributed by atoms with E-state index in [4.69, 9.17) is 4.52 Å². The lowest BCUT2D eigenvalue weighted by molar-refractivity contribution is -0.127. The van der Waals surface area contributed by atoms with Crippen LogP contribution in [-0.4, -0.2) is 33.0 Å². The van der Waals surface area contributed by atoms with Crippen LogP contribution < -0.4 is 10.6 Å². The second-order valence-electron chi connectivity index (χ2n) is 6.57. The summed E-state index contributed by atoms with van der Waals surface area (Å²) in [5.41, 5.74) is 1.78. The first-order valence-corrected chi connectivity index (χ1v) is 9.97. The molecule has 3 aromatic rings. The molecule has 0 aliphatic carbocycles. The fourth-order valence-corrected chi connectivity index (χ4v) is 3.89. The first kappa shape index (κ1) is 18.3. The molecular formula is C19H19N5O3S. The second kappa shape index (κ2) is 8.30. The monoisotopic (exact) mass is 397 g/mol. The van der Waals surface area contributed by atoms with E-state index in [9.17, 15) is 9.59 Å². The summed E-state index contributed by atoms with van der Waals surface area (Å²) >= 11 is 1.57. The van der Waals surface area contributed by atoms with Crippen molar-refractivity contribution in [3.8, 4) is 11.4 Å². The number of pyridine rings is 1. The quantitative estimate of drug-likeness (QED) is 0.660. The van der Waals surface area contributed by atoms with E-state index >= 15 is 0 Å². The lowest BCUT2D eigenvalue weighted by atomic mass is 9.93. The molecule has 4 rings (SSSR count). The molecule has 28 heavy (non-hydrogen) atoms. The second-order valence-corrected chi connectivity index (χ2v) is 7.35. The number of piperidine rings is 1. The maximum absolute atomic E-state index is 12.4. The molecule has 3 aromatic heterocycles. The molecule has 0 bridgehead atoms. The molecule has 1 aliphatic heterocycles. The largest absolute Gasteiger partial charge is 0.351 e. The zero-order valence-corrected chi connectivity index (χ0v) is 15.8. The molecule has 0 unspecified atom stereocenters. The SMILES string of the molecule is O=C(CCc1nc(-c2cccnc2)no1)N[C@@H]1CCC(=O)N[C@H]1c1ccsc1. The van der Waals surface area contributed by atoms with E-state index in [1.54, 1.807) is 29.8 Å². The minimum atomic E-state index is -0.197. The van der Waals surface area contributed by atoms with Gasteiger partial charge in [0.2, 0.25) is 23.5 Å². The van der Waals surface area contributed by atoms with E-state index in [2.05, 4.69) is 25.8 Å². The number of aromatic nitrogens is 3. The Balaban J connectivity index is 1.34. The van der Waals surface area contributed by atoms with E-state index in [0.717, 1.165) is 11.1 Å². The Bertz CT molecular complexity index is 942. The normalized spacial score (nSPS) is 19.2. The third-order valence-corrected chi connectivity index (χ3v) is 5.31. The zero-order valence-electron chi connectivity index (χ0n) is 15.0. The lowest BCUT2D eigenvalue weighted by Gasteiger charge is -2.32. The molecule has 144 valence electrons. The molecule has 0 saturated carbocycles. The van der Waals surface area contributed by atoms with Gasteiger partial charge in [-0.15, -0.1) is 0 Å². The van der Waals surface area contributed by atoms with E-state index in [-0.39, 0.29) is 30.3 Å². The topological polar surface area (TPSA) is 110 Å². The van der Waals surface area contributed by atoms with Crippen LogP contribution in [0.1, 0.15) is 36.8 Å². The Morgan fingerprint density at radius 3 is 3.11 bits per heavy atom. The van der Waals surface area contributed by atoms with Crippen LogP contribution in [0.15, 0.2) is 45.9 Å². The Morgan fingerprint density at radius 2 is 2.32 bits per heavy atom. The van der Waals surface area contributed by atoms with Crippen LogP contribution in [0.25, 0.3) is 11.4 Å². The summed E-state index contributed by atoms with van der Waals surface area (Å²) in [7, 11) is 0. The molecule has 4 heterocycles. The van der Waals surface area contributed by atoms with E-state index in [1.807, 2.05) is 22.9 Å².